The molecule has 9 nitrogen and oxygen atoms in total. The molecule has 4 rings (SSSR count). The Kier molecular flexibility index (Phi) is 7.57. The van der Waals surface area contributed by atoms with E-state index in [4.69, 9.17) is 11.6 Å². The molecule has 10 heteroatoms. The minimum atomic E-state index is -0.227. The van der Waals surface area contributed by atoms with Crippen molar-refractivity contribution in [3.63, 3.8) is 0 Å². The molecule has 0 saturated carbocycles. The van der Waals surface area contributed by atoms with Gasteiger partial charge in [0.1, 0.15) is 11.4 Å². The normalized spacial score (nSPS) is 11.1. The number of anilines is 1. The summed E-state index contributed by atoms with van der Waals surface area (Å²) in [6.07, 6.45) is 3.54. The van der Waals surface area contributed by atoms with Gasteiger partial charge >= 0.3 is 0 Å². The van der Waals surface area contributed by atoms with Crippen LogP contribution in [0.5, 0.6) is 0 Å². The molecule has 1 amide bonds. The Bertz CT molecular complexity index is 1340. The van der Waals surface area contributed by atoms with Gasteiger partial charge in [0, 0.05) is 54.9 Å². The van der Waals surface area contributed by atoms with Gasteiger partial charge in [-0.15, -0.1) is 0 Å². The van der Waals surface area contributed by atoms with Gasteiger partial charge in [0.25, 0.3) is 5.91 Å². The number of carbonyl (C=O) groups is 1. The molecule has 0 saturated heterocycles. The van der Waals surface area contributed by atoms with Crippen molar-refractivity contribution in [1.82, 2.24) is 34.9 Å². The summed E-state index contributed by atoms with van der Waals surface area (Å²) in [7, 11) is 3.66. The van der Waals surface area contributed by atoms with E-state index in [1.54, 1.807) is 42.5 Å². The summed E-state index contributed by atoms with van der Waals surface area (Å²) in [5.41, 5.74) is 4.42. The highest BCUT2D eigenvalue weighted by atomic mass is 35.5. The molecule has 2 N–H and O–H groups in total. The van der Waals surface area contributed by atoms with Crippen molar-refractivity contribution in [2.75, 3.05) is 32.5 Å². The molecule has 3 aromatic heterocycles. The van der Waals surface area contributed by atoms with Gasteiger partial charge < -0.3 is 15.5 Å². The van der Waals surface area contributed by atoms with E-state index in [1.165, 1.54) is 0 Å². The van der Waals surface area contributed by atoms with Crippen LogP contribution in [0, 0.1) is 6.92 Å². The number of halogens is 1. The lowest BCUT2D eigenvalue weighted by molar-refractivity contribution is 0.0781. The fourth-order valence-corrected chi connectivity index (χ4v) is 3.98. The average molecular weight is 493 g/mol. The largest absolute Gasteiger partial charge is 0.383 e. The number of likely N-dealkylation sites (N-methyl/N-ethyl adjacent to an activating group) is 1. The second-order valence-corrected chi connectivity index (χ2v) is 8.69. The Morgan fingerprint density at radius 3 is 2.66 bits per heavy atom. The van der Waals surface area contributed by atoms with Crippen molar-refractivity contribution in [3.05, 3.63) is 64.7 Å². The van der Waals surface area contributed by atoms with E-state index < -0.39 is 0 Å². The van der Waals surface area contributed by atoms with Crippen LogP contribution < -0.4 is 10.6 Å². The highest BCUT2D eigenvalue weighted by Gasteiger charge is 2.21. The predicted octanol–water partition coefficient (Wildman–Crippen LogP) is 3.77. The summed E-state index contributed by atoms with van der Waals surface area (Å²) in [4.78, 5) is 29.0. The van der Waals surface area contributed by atoms with Crippen molar-refractivity contribution >= 4 is 34.1 Å². The van der Waals surface area contributed by atoms with Crippen molar-refractivity contribution < 1.29 is 4.79 Å². The molecular formula is C25H29ClN8O. The Morgan fingerprint density at radius 1 is 1.14 bits per heavy atom. The van der Waals surface area contributed by atoms with Gasteiger partial charge in [0.05, 0.1) is 23.6 Å². The molecular weight excluding hydrogens is 464 g/mol. The highest BCUT2D eigenvalue weighted by Crippen LogP contribution is 2.25. The number of amides is 1. The number of rotatable bonds is 9. The molecule has 1 aromatic carbocycles. The van der Waals surface area contributed by atoms with Crippen LogP contribution in [0.3, 0.4) is 0 Å². The molecule has 0 aliphatic carbocycles. The van der Waals surface area contributed by atoms with Gasteiger partial charge in [0.15, 0.2) is 5.82 Å². The number of pyridine rings is 1. The van der Waals surface area contributed by atoms with Crippen molar-refractivity contribution in [1.29, 1.82) is 0 Å². The molecule has 0 bridgehead atoms. The first-order valence-corrected chi connectivity index (χ1v) is 11.9. The Hall–Kier alpha value is -3.56. The zero-order valence-electron chi connectivity index (χ0n) is 20.3. The van der Waals surface area contributed by atoms with Gasteiger partial charge in [-0.05, 0) is 51.2 Å². The maximum absolute atomic E-state index is 13.6. The fourth-order valence-electron chi connectivity index (χ4n) is 3.81. The van der Waals surface area contributed by atoms with Gasteiger partial charge in [-0.2, -0.15) is 5.10 Å². The van der Waals surface area contributed by atoms with Crippen LogP contribution in [0.15, 0.2) is 42.7 Å². The van der Waals surface area contributed by atoms with Crippen molar-refractivity contribution in [2.45, 2.75) is 26.9 Å². The lowest BCUT2D eigenvalue weighted by atomic mass is 10.1. The summed E-state index contributed by atoms with van der Waals surface area (Å²) in [6.45, 7) is 6.86. The van der Waals surface area contributed by atoms with Gasteiger partial charge in [0.2, 0.25) is 0 Å². The maximum atomic E-state index is 13.6. The number of benzene rings is 1. The predicted molar refractivity (Wildman–Crippen MR) is 139 cm³/mol. The first kappa shape index (κ1) is 24.6. The smallest absolute Gasteiger partial charge is 0.273 e. The van der Waals surface area contributed by atoms with Crippen molar-refractivity contribution in [2.24, 2.45) is 0 Å². The monoisotopic (exact) mass is 492 g/mol. The molecule has 0 fully saturated rings. The third-order valence-corrected chi connectivity index (χ3v) is 6.05. The minimum Gasteiger partial charge on any atom is -0.383 e. The van der Waals surface area contributed by atoms with Crippen LogP contribution in [0.1, 0.15) is 28.7 Å². The van der Waals surface area contributed by atoms with Crippen LogP contribution >= 0.6 is 11.6 Å². The van der Waals surface area contributed by atoms with E-state index in [2.05, 4.69) is 30.7 Å². The average Bonchev–Trinajstić information content (AvgIpc) is 3.22. The van der Waals surface area contributed by atoms with Crippen molar-refractivity contribution in [3.8, 4) is 11.5 Å². The number of aromatic nitrogens is 5. The Morgan fingerprint density at radius 2 is 1.97 bits per heavy atom. The Labute approximate surface area is 209 Å². The van der Waals surface area contributed by atoms with E-state index in [9.17, 15) is 4.79 Å². The molecule has 182 valence electrons. The second-order valence-electron chi connectivity index (χ2n) is 8.25. The molecule has 0 radical (unpaired) electrons. The first-order valence-electron chi connectivity index (χ1n) is 11.5. The SMILES string of the molecule is CCn1ncc(CN(C)C(=O)c2nc(-c3ccc(NCCNC)cn3)nc3ccc(Cl)cc23)c1C. The van der Waals surface area contributed by atoms with Crippen LogP contribution in [-0.2, 0) is 13.1 Å². The summed E-state index contributed by atoms with van der Waals surface area (Å²) in [5.74, 6) is 0.156. The third-order valence-electron chi connectivity index (χ3n) is 5.82. The lowest BCUT2D eigenvalue weighted by Gasteiger charge is -2.18. The standard InChI is InChI=1S/C25H29ClN8O/c1-5-34-16(2)17(13-30-34)15-33(4)25(35)23-20-12-18(26)6-8-21(20)31-24(32-23)22-9-7-19(14-29-22)28-11-10-27-3/h6-9,12-14,27-28H,5,10-11,15H2,1-4H3. The van der Waals surface area contributed by atoms with Gasteiger partial charge in [-0.25, -0.2) is 9.97 Å². The number of aryl methyl sites for hydroxylation is 1. The number of nitrogens with one attached hydrogen (secondary N) is 2. The quantitative estimate of drug-likeness (QED) is 0.343. The van der Waals surface area contributed by atoms with E-state index in [-0.39, 0.29) is 11.6 Å². The first-order chi connectivity index (χ1) is 16.9. The van der Waals surface area contributed by atoms with E-state index >= 15 is 0 Å². The third kappa shape index (κ3) is 5.41. The number of nitrogens with zero attached hydrogens (tertiary/aromatic N) is 6. The minimum absolute atomic E-state index is 0.227. The molecule has 4 aromatic rings. The van der Waals surface area contributed by atoms with Crippen LogP contribution in [0.4, 0.5) is 5.69 Å². The Balaban J connectivity index is 1.67. The molecule has 0 spiro atoms. The summed E-state index contributed by atoms with van der Waals surface area (Å²) in [5, 5.41) is 11.9. The second kappa shape index (κ2) is 10.8. The van der Waals surface area contributed by atoms with E-state index in [0.717, 1.165) is 36.6 Å². The fraction of sp³-hybridized carbons (Fsp3) is 0.320. The van der Waals surface area contributed by atoms with E-state index in [1.807, 2.05) is 37.7 Å². The molecule has 3 heterocycles. The van der Waals surface area contributed by atoms with Crippen LogP contribution in [-0.4, -0.2) is 62.7 Å². The summed E-state index contributed by atoms with van der Waals surface area (Å²) in [6, 6.07) is 9.05. The zero-order chi connectivity index (χ0) is 24.9. The maximum Gasteiger partial charge on any atom is 0.273 e. The molecule has 0 aliphatic heterocycles. The molecule has 0 aliphatic rings. The highest BCUT2D eigenvalue weighted by molar-refractivity contribution is 6.31. The van der Waals surface area contributed by atoms with Gasteiger partial charge in [-0.1, -0.05) is 11.6 Å². The number of hydrogen-bond acceptors (Lipinski definition) is 7. The zero-order valence-corrected chi connectivity index (χ0v) is 21.1. The molecule has 0 atom stereocenters. The topological polar surface area (TPSA) is 101 Å². The number of carbonyl (C=O) groups excluding carboxylic acids is 1. The van der Waals surface area contributed by atoms with Crippen LogP contribution in [0.25, 0.3) is 22.4 Å². The number of fused-ring (bicyclic) bond motifs is 1. The summed E-state index contributed by atoms with van der Waals surface area (Å²) < 4.78 is 1.91. The van der Waals surface area contributed by atoms with Gasteiger partial charge in [-0.3, -0.25) is 14.5 Å². The van der Waals surface area contributed by atoms with Crippen LogP contribution in [0.2, 0.25) is 5.02 Å². The number of hydrogen-bond donors (Lipinski definition) is 2. The lowest BCUT2D eigenvalue weighted by Crippen LogP contribution is -2.28. The van der Waals surface area contributed by atoms with E-state index in [0.29, 0.717) is 34.0 Å². The molecule has 0 unspecified atom stereocenters. The summed E-state index contributed by atoms with van der Waals surface area (Å²) >= 11 is 6.26. The molecule has 35 heavy (non-hydrogen) atoms.